The van der Waals surface area contributed by atoms with E-state index in [4.69, 9.17) is 9.52 Å². The number of carboxylic acid groups (broad SMARTS) is 1. The van der Waals surface area contributed by atoms with Gasteiger partial charge in [0.05, 0.1) is 12.2 Å². The monoisotopic (exact) mass is 240 g/mol. The van der Waals surface area contributed by atoms with E-state index in [2.05, 4.69) is 12.1 Å². The van der Waals surface area contributed by atoms with Crippen molar-refractivity contribution in [2.45, 2.75) is 12.3 Å². The van der Waals surface area contributed by atoms with Crippen LogP contribution in [-0.4, -0.2) is 11.1 Å². The molecule has 1 aromatic heterocycles. The smallest absolute Gasteiger partial charge is 0.307 e. The normalized spacial score (nSPS) is 27.7. The topological polar surface area (TPSA) is 50.4 Å². The summed E-state index contributed by atoms with van der Waals surface area (Å²) in [5.41, 5.74) is 3.59. The van der Waals surface area contributed by atoms with E-state index in [-0.39, 0.29) is 11.8 Å². The predicted molar refractivity (Wildman–Crippen MR) is 65.2 cm³/mol. The molecule has 0 spiro atoms. The fraction of sp³-hybridized carbons (Fsp3) is 0.267. The Morgan fingerprint density at radius 2 is 2.22 bits per heavy atom. The van der Waals surface area contributed by atoms with E-state index in [0.717, 1.165) is 17.7 Å². The van der Waals surface area contributed by atoms with Crippen molar-refractivity contribution in [2.75, 3.05) is 0 Å². The summed E-state index contributed by atoms with van der Waals surface area (Å²) in [7, 11) is 0. The summed E-state index contributed by atoms with van der Waals surface area (Å²) in [5, 5.41) is 9.07. The first-order chi connectivity index (χ1) is 8.75. The first-order valence-corrected chi connectivity index (χ1v) is 6.15. The van der Waals surface area contributed by atoms with Crippen LogP contribution in [0.25, 0.3) is 11.3 Å². The van der Waals surface area contributed by atoms with Gasteiger partial charge >= 0.3 is 5.97 Å². The average Bonchev–Trinajstić information content (AvgIpc) is 2.79. The van der Waals surface area contributed by atoms with Crippen molar-refractivity contribution in [3.63, 3.8) is 0 Å². The van der Waals surface area contributed by atoms with E-state index in [0.29, 0.717) is 5.92 Å². The van der Waals surface area contributed by atoms with Crippen molar-refractivity contribution in [1.82, 2.24) is 0 Å². The Morgan fingerprint density at radius 1 is 1.33 bits per heavy atom. The fourth-order valence-electron chi connectivity index (χ4n) is 3.35. The van der Waals surface area contributed by atoms with Gasteiger partial charge < -0.3 is 9.52 Å². The van der Waals surface area contributed by atoms with Gasteiger partial charge in [0.1, 0.15) is 5.76 Å². The number of aliphatic carboxylic acids is 1. The highest BCUT2D eigenvalue weighted by molar-refractivity contribution is 5.78. The molecular formula is C15H12O3. The van der Waals surface area contributed by atoms with Gasteiger partial charge in [-0.05, 0) is 41.7 Å². The highest BCUT2D eigenvalue weighted by atomic mass is 16.4. The Hall–Kier alpha value is -2.03. The maximum absolute atomic E-state index is 11.0. The second kappa shape index (κ2) is 3.25. The summed E-state index contributed by atoms with van der Waals surface area (Å²) in [6, 6.07) is 10.1. The fourth-order valence-corrected chi connectivity index (χ4v) is 3.35. The van der Waals surface area contributed by atoms with E-state index in [9.17, 15) is 4.79 Å². The lowest BCUT2D eigenvalue weighted by Gasteiger charge is -2.07. The summed E-state index contributed by atoms with van der Waals surface area (Å²) in [6.07, 6.45) is 2.56. The molecule has 0 bridgehead atoms. The standard InChI is InChI=1S/C15H12O3/c16-15(17)14-11-7-9-6-8(12-2-1-5-18-12)3-4-10(9)13(11)14/h1-6,11,13-14H,7H2,(H,16,17). The molecule has 0 saturated heterocycles. The number of benzene rings is 1. The van der Waals surface area contributed by atoms with Gasteiger partial charge in [0.25, 0.3) is 0 Å². The summed E-state index contributed by atoms with van der Waals surface area (Å²) < 4.78 is 5.38. The highest BCUT2D eigenvalue weighted by Gasteiger charge is 2.59. The molecule has 1 fully saturated rings. The quantitative estimate of drug-likeness (QED) is 0.878. The van der Waals surface area contributed by atoms with Crippen molar-refractivity contribution in [2.24, 2.45) is 11.8 Å². The van der Waals surface area contributed by atoms with E-state index < -0.39 is 5.97 Å². The third kappa shape index (κ3) is 1.22. The third-order valence-corrected chi connectivity index (χ3v) is 4.22. The number of furan rings is 1. The van der Waals surface area contributed by atoms with Gasteiger partial charge in [-0.15, -0.1) is 0 Å². The summed E-state index contributed by atoms with van der Waals surface area (Å²) in [4.78, 5) is 11.0. The number of hydrogen-bond acceptors (Lipinski definition) is 2. The zero-order valence-electron chi connectivity index (χ0n) is 9.67. The number of hydrogen-bond donors (Lipinski definition) is 1. The van der Waals surface area contributed by atoms with Gasteiger partial charge in [0, 0.05) is 11.5 Å². The van der Waals surface area contributed by atoms with Crippen LogP contribution in [0, 0.1) is 11.8 Å². The van der Waals surface area contributed by atoms with Crippen LogP contribution in [0.4, 0.5) is 0 Å². The van der Waals surface area contributed by atoms with Crippen molar-refractivity contribution in [3.05, 3.63) is 47.7 Å². The minimum absolute atomic E-state index is 0.146. The summed E-state index contributed by atoms with van der Waals surface area (Å²) >= 11 is 0. The van der Waals surface area contributed by atoms with Gasteiger partial charge in [0.2, 0.25) is 0 Å². The van der Waals surface area contributed by atoms with Crippen LogP contribution in [0.2, 0.25) is 0 Å². The van der Waals surface area contributed by atoms with Gasteiger partial charge in [-0.25, -0.2) is 0 Å². The average molecular weight is 240 g/mol. The SMILES string of the molecule is O=C(O)C1C2Cc3cc(-c4ccco4)ccc3C21. The van der Waals surface area contributed by atoms with Crippen molar-refractivity contribution < 1.29 is 14.3 Å². The molecular weight excluding hydrogens is 228 g/mol. The second-order valence-electron chi connectivity index (χ2n) is 5.15. The molecule has 1 heterocycles. The van der Waals surface area contributed by atoms with Crippen LogP contribution in [0.15, 0.2) is 41.0 Å². The largest absolute Gasteiger partial charge is 0.481 e. The lowest BCUT2D eigenvalue weighted by molar-refractivity contribution is -0.139. The van der Waals surface area contributed by atoms with Crippen molar-refractivity contribution >= 4 is 5.97 Å². The van der Waals surface area contributed by atoms with Crippen LogP contribution < -0.4 is 0 Å². The van der Waals surface area contributed by atoms with Crippen LogP contribution >= 0.6 is 0 Å². The molecule has 18 heavy (non-hydrogen) atoms. The van der Waals surface area contributed by atoms with Gasteiger partial charge in [-0.2, -0.15) is 0 Å². The minimum Gasteiger partial charge on any atom is -0.481 e. The molecule has 3 heteroatoms. The van der Waals surface area contributed by atoms with Crippen molar-refractivity contribution in [3.8, 4) is 11.3 Å². The van der Waals surface area contributed by atoms with E-state index in [1.54, 1.807) is 6.26 Å². The van der Waals surface area contributed by atoms with E-state index in [1.165, 1.54) is 11.1 Å². The molecule has 4 rings (SSSR count). The maximum atomic E-state index is 11.0. The summed E-state index contributed by atoms with van der Waals surface area (Å²) in [5.74, 6) is 0.651. The number of rotatable bonds is 2. The number of carboxylic acids is 1. The zero-order chi connectivity index (χ0) is 12.3. The van der Waals surface area contributed by atoms with Crippen LogP contribution in [0.5, 0.6) is 0 Å². The lowest BCUT2D eigenvalue weighted by Crippen LogP contribution is -2.05. The minimum atomic E-state index is -0.647. The Kier molecular flexibility index (Phi) is 1.80. The van der Waals surface area contributed by atoms with Gasteiger partial charge in [-0.1, -0.05) is 12.1 Å². The third-order valence-electron chi connectivity index (χ3n) is 4.22. The Balaban J connectivity index is 1.71. The Labute approximate surface area is 104 Å². The van der Waals surface area contributed by atoms with Gasteiger partial charge in [-0.3, -0.25) is 4.79 Å². The van der Waals surface area contributed by atoms with Crippen molar-refractivity contribution in [1.29, 1.82) is 0 Å². The Morgan fingerprint density at radius 3 is 2.94 bits per heavy atom. The van der Waals surface area contributed by atoms with Crippen LogP contribution in [-0.2, 0) is 11.2 Å². The predicted octanol–water partition coefficient (Wildman–Crippen LogP) is 2.92. The molecule has 1 N–H and O–H groups in total. The zero-order valence-corrected chi connectivity index (χ0v) is 9.67. The van der Waals surface area contributed by atoms with Gasteiger partial charge in [0.15, 0.2) is 0 Å². The molecule has 3 atom stereocenters. The first-order valence-electron chi connectivity index (χ1n) is 6.15. The molecule has 2 aromatic rings. The molecule has 90 valence electrons. The molecule has 3 nitrogen and oxygen atoms in total. The molecule has 1 saturated carbocycles. The Bertz CT molecular complexity index is 627. The molecule has 2 aliphatic rings. The molecule has 0 amide bonds. The summed E-state index contributed by atoms with van der Waals surface area (Å²) in [6.45, 7) is 0. The second-order valence-corrected chi connectivity index (χ2v) is 5.15. The van der Waals surface area contributed by atoms with Crippen LogP contribution in [0.1, 0.15) is 17.0 Å². The van der Waals surface area contributed by atoms with E-state index >= 15 is 0 Å². The highest BCUT2D eigenvalue weighted by Crippen LogP contribution is 2.61. The number of fused-ring (bicyclic) bond motifs is 3. The lowest BCUT2D eigenvalue weighted by atomic mass is 9.99. The van der Waals surface area contributed by atoms with E-state index in [1.807, 2.05) is 18.2 Å². The number of carbonyl (C=O) groups is 1. The molecule has 1 aromatic carbocycles. The molecule has 0 radical (unpaired) electrons. The molecule has 0 aliphatic heterocycles. The first kappa shape index (κ1) is 9.95. The maximum Gasteiger partial charge on any atom is 0.307 e. The molecule has 2 aliphatic carbocycles. The molecule has 3 unspecified atom stereocenters. The van der Waals surface area contributed by atoms with Crippen LogP contribution in [0.3, 0.4) is 0 Å².